The molecule has 1 aromatic rings. The number of benzene rings is 1. The smallest absolute Gasteiger partial charge is 0.338 e. The standard InChI is InChI=1S/C7H3Cl2FO2.K/c8-3-1-2-4(10)6(9)5(3)7(11)12;/h1-2H,(H,11,12);. The van der Waals surface area contributed by atoms with Crippen LogP contribution in [0.1, 0.15) is 10.4 Å². The summed E-state index contributed by atoms with van der Waals surface area (Å²) in [6, 6.07) is 2.16. The Morgan fingerprint density at radius 2 is 1.92 bits per heavy atom. The Morgan fingerprint density at radius 1 is 1.38 bits per heavy atom. The molecule has 0 saturated carbocycles. The maximum atomic E-state index is 12.7. The van der Waals surface area contributed by atoms with Gasteiger partial charge in [-0.25, -0.2) is 9.18 Å². The van der Waals surface area contributed by atoms with Crippen molar-refractivity contribution in [3.63, 3.8) is 0 Å². The number of hydrogen-bond acceptors (Lipinski definition) is 1. The van der Waals surface area contributed by atoms with E-state index in [-0.39, 0.29) is 56.4 Å². The van der Waals surface area contributed by atoms with Crippen LogP contribution in [0, 0.1) is 5.82 Å². The van der Waals surface area contributed by atoms with E-state index in [1.165, 1.54) is 0 Å². The Kier molecular flexibility index (Phi) is 6.02. The normalized spacial score (nSPS) is 9.15. The number of aromatic carboxylic acids is 1. The molecule has 0 aromatic heterocycles. The SMILES string of the molecule is O=C(O)c1c(Cl)ccc(F)c1Cl.[K]. The summed E-state index contributed by atoms with van der Waals surface area (Å²) in [5, 5.41) is 8.00. The molecule has 1 rings (SSSR count). The van der Waals surface area contributed by atoms with Crippen LogP contribution in [-0.2, 0) is 0 Å². The molecule has 1 aromatic carbocycles. The average Bonchev–Trinajstić information content (AvgIpc) is 1.97. The average molecular weight is 248 g/mol. The van der Waals surface area contributed by atoms with Crippen molar-refractivity contribution < 1.29 is 14.3 Å². The molecule has 0 spiro atoms. The fourth-order valence-electron chi connectivity index (χ4n) is 0.723. The Bertz CT molecular complexity index is 344. The quantitative estimate of drug-likeness (QED) is 0.612. The molecular formula is C7H3Cl2FKO2. The van der Waals surface area contributed by atoms with E-state index in [9.17, 15) is 9.18 Å². The van der Waals surface area contributed by atoms with Gasteiger partial charge in [-0.05, 0) is 12.1 Å². The second-order valence-electron chi connectivity index (χ2n) is 2.02. The molecule has 1 radical (unpaired) electrons. The van der Waals surface area contributed by atoms with Crippen molar-refractivity contribution in [2.75, 3.05) is 0 Å². The van der Waals surface area contributed by atoms with Gasteiger partial charge in [0.25, 0.3) is 0 Å². The van der Waals surface area contributed by atoms with Crippen LogP contribution in [-0.4, -0.2) is 62.5 Å². The Morgan fingerprint density at radius 3 is 2.31 bits per heavy atom. The van der Waals surface area contributed by atoms with Gasteiger partial charge in [-0.1, -0.05) is 23.2 Å². The van der Waals surface area contributed by atoms with Crippen molar-refractivity contribution in [3.05, 3.63) is 33.6 Å². The van der Waals surface area contributed by atoms with Crippen molar-refractivity contribution in [1.82, 2.24) is 0 Å². The van der Waals surface area contributed by atoms with E-state index in [2.05, 4.69) is 0 Å². The van der Waals surface area contributed by atoms with E-state index < -0.39 is 22.4 Å². The number of carbonyl (C=O) groups is 1. The van der Waals surface area contributed by atoms with Gasteiger partial charge in [-0.15, -0.1) is 0 Å². The first-order chi connectivity index (χ1) is 5.54. The second-order valence-corrected chi connectivity index (χ2v) is 2.81. The Balaban J connectivity index is 0.00000144. The predicted molar refractivity (Wildman–Crippen MR) is 49.1 cm³/mol. The molecule has 1 N–H and O–H groups in total. The molecule has 0 aliphatic carbocycles. The third-order valence-electron chi connectivity index (χ3n) is 1.26. The zero-order chi connectivity index (χ0) is 9.30. The van der Waals surface area contributed by atoms with Gasteiger partial charge in [-0.3, -0.25) is 0 Å². The number of halogens is 3. The van der Waals surface area contributed by atoms with Gasteiger partial charge in [0.1, 0.15) is 5.82 Å². The fraction of sp³-hybridized carbons (Fsp3) is 0. The summed E-state index contributed by atoms with van der Waals surface area (Å²) in [4.78, 5) is 10.5. The number of hydrogen-bond donors (Lipinski definition) is 1. The summed E-state index contributed by atoms with van der Waals surface area (Å²) in [5.41, 5.74) is -0.404. The van der Waals surface area contributed by atoms with Crippen LogP contribution in [0.4, 0.5) is 4.39 Å². The first-order valence-corrected chi connectivity index (χ1v) is 3.66. The summed E-state index contributed by atoms with van der Waals surface area (Å²) >= 11 is 10.8. The Labute approximate surface area is 126 Å². The minimum Gasteiger partial charge on any atom is -0.478 e. The molecule has 0 heterocycles. The molecule has 0 bridgehead atoms. The molecule has 0 amide bonds. The second kappa shape index (κ2) is 5.65. The van der Waals surface area contributed by atoms with Crippen molar-refractivity contribution in [1.29, 1.82) is 0 Å². The molecule has 0 fully saturated rings. The first-order valence-electron chi connectivity index (χ1n) is 2.91. The van der Waals surface area contributed by atoms with Crippen LogP contribution >= 0.6 is 23.2 Å². The third-order valence-corrected chi connectivity index (χ3v) is 1.94. The predicted octanol–water partition coefficient (Wildman–Crippen LogP) is 2.45. The molecule has 13 heavy (non-hydrogen) atoms. The summed E-state index contributed by atoms with van der Waals surface area (Å²) in [5.74, 6) is -2.14. The number of carboxylic acid groups (broad SMARTS) is 1. The maximum Gasteiger partial charge on any atom is 0.338 e. The minimum absolute atomic E-state index is 0. The molecule has 65 valence electrons. The van der Waals surface area contributed by atoms with Crippen LogP contribution < -0.4 is 0 Å². The van der Waals surface area contributed by atoms with Crippen molar-refractivity contribution in [3.8, 4) is 0 Å². The Hall–Kier alpha value is 0.836. The molecule has 0 aliphatic rings. The van der Waals surface area contributed by atoms with Crippen LogP contribution in [0.25, 0.3) is 0 Å². The molecule has 2 nitrogen and oxygen atoms in total. The molecule has 6 heteroatoms. The van der Waals surface area contributed by atoms with Gasteiger partial charge in [-0.2, -0.15) is 0 Å². The van der Waals surface area contributed by atoms with Crippen molar-refractivity contribution >= 4 is 80.6 Å². The summed E-state index contributed by atoms with van der Waals surface area (Å²) in [7, 11) is 0. The minimum atomic E-state index is -1.34. The van der Waals surface area contributed by atoms with Gasteiger partial charge in [0.2, 0.25) is 0 Å². The van der Waals surface area contributed by atoms with E-state index >= 15 is 0 Å². The van der Waals surface area contributed by atoms with Gasteiger partial charge < -0.3 is 5.11 Å². The van der Waals surface area contributed by atoms with E-state index in [0.717, 1.165) is 12.1 Å². The topological polar surface area (TPSA) is 37.3 Å². The molecule has 0 atom stereocenters. The van der Waals surface area contributed by atoms with Crippen LogP contribution in [0.15, 0.2) is 12.1 Å². The third kappa shape index (κ3) is 3.16. The molecule has 0 aliphatic heterocycles. The van der Waals surface area contributed by atoms with Gasteiger partial charge in [0.15, 0.2) is 0 Å². The zero-order valence-corrected chi connectivity index (χ0v) is 11.3. The van der Waals surface area contributed by atoms with Crippen molar-refractivity contribution in [2.45, 2.75) is 0 Å². The monoisotopic (exact) mass is 247 g/mol. The molecule has 0 saturated heterocycles. The number of rotatable bonds is 1. The molecule has 0 unspecified atom stereocenters. The van der Waals surface area contributed by atoms with Gasteiger partial charge in [0, 0.05) is 51.4 Å². The van der Waals surface area contributed by atoms with Crippen LogP contribution in [0.2, 0.25) is 10.0 Å². The first kappa shape index (κ1) is 13.8. The van der Waals surface area contributed by atoms with E-state index in [1.54, 1.807) is 0 Å². The summed E-state index contributed by atoms with van der Waals surface area (Å²) < 4.78 is 12.7. The van der Waals surface area contributed by atoms with E-state index in [1.807, 2.05) is 0 Å². The zero-order valence-electron chi connectivity index (χ0n) is 6.64. The molecular weight excluding hydrogens is 245 g/mol. The van der Waals surface area contributed by atoms with E-state index in [4.69, 9.17) is 28.3 Å². The number of carboxylic acids is 1. The fourth-order valence-corrected chi connectivity index (χ4v) is 1.26. The summed E-state index contributed by atoms with van der Waals surface area (Å²) in [6.45, 7) is 0. The summed E-state index contributed by atoms with van der Waals surface area (Å²) in [6.07, 6.45) is 0. The van der Waals surface area contributed by atoms with Crippen LogP contribution in [0.3, 0.4) is 0 Å². The van der Waals surface area contributed by atoms with Crippen molar-refractivity contribution in [2.24, 2.45) is 0 Å². The van der Waals surface area contributed by atoms with Gasteiger partial charge in [0.05, 0.1) is 15.6 Å². The largest absolute Gasteiger partial charge is 0.478 e. The maximum absolute atomic E-state index is 12.7. The van der Waals surface area contributed by atoms with Gasteiger partial charge >= 0.3 is 5.97 Å². The van der Waals surface area contributed by atoms with E-state index in [0.29, 0.717) is 0 Å². The van der Waals surface area contributed by atoms with Crippen LogP contribution in [0.5, 0.6) is 0 Å².